The van der Waals surface area contributed by atoms with E-state index in [4.69, 9.17) is 9.47 Å². The molecular formula is C21H19N3O5. The second-order valence-electron chi connectivity index (χ2n) is 6.62. The molecule has 0 atom stereocenters. The molecule has 0 amide bonds. The highest BCUT2D eigenvalue weighted by atomic mass is 16.7. The highest BCUT2D eigenvalue weighted by Gasteiger charge is 2.17. The summed E-state index contributed by atoms with van der Waals surface area (Å²) < 4.78 is 11.8. The molecule has 8 heteroatoms. The summed E-state index contributed by atoms with van der Waals surface area (Å²) >= 11 is 0. The van der Waals surface area contributed by atoms with E-state index in [-0.39, 0.29) is 25.4 Å². The number of fused-ring (bicyclic) bond motifs is 1. The van der Waals surface area contributed by atoms with Gasteiger partial charge in [-0.15, -0.1) is 0 Å². The zero-order chi connectivity index (χ0) is 20.4. The van der Waals surface area contributed by atoms with Gasteiger partial charge in [-0.25, -0.2) is 4.79 Å². The molecule has 0 fully saturated rings. The molecule has 0 spiro atoms. The monoisotopic (exact) mass is 393 g/mol. The predicted octanol–water partition coefficient (Wildman–Crippen LogP) is 2.03. The van der Waals surface area contributed by atoms with Crippen molar-refractivity contribution < 1.29 is 14.6 Å². The van der Waals surface area contributed by atoms with Gasteiger partial charge in [0.05, 0.1) is 18.8 Å². The van der Waals surface area contributed by atoms with E-state index < -0.39 is 17.1 Å². The molecule has 0 bridgehead atoms. The van der Waals surface area contributed by atoms with Crippen LogP contribution in [-0.2, 0) is 13.1 Å². The molecule has 8 nitrogen and oxygen atoms in total. The summed E-state index contributed by atoms with van der Waals surface area (Å²) in [5, 5.41) is 10.6. The molecule has 3 aromatic rings. The summed E-state index contributed by atoms with van der Waals surface area (Å²) in [5.41, 5.74) is 0.622. The number of aromatic amines is 1. The number of aliphatic imine (C=N–C) groups is 1. The maximum absolute atomic E-state index is 12.3. The van der Waals surface area contributed by atoms with Gasteiger partial charge >= 0.3 is 5.69 Å². The van der Waals surface area contributed by atoms with E-state index in [0.29, 0.717) is 17.2 Å². The Morgan fingerprint density at radius 2 is 1.86 bits per heavy atom. The third kappa shape index (κ3) is 3.77. The first-order valence-electron chi connectivity index (χ1n) is 9.03. The topological polar surface area (TPSA) is 106 Å². The van der Waals surface area contributed by atoms with Crippen LogP contribution in [0.25, 0.3) is 0 Å². The maximum atomic E-state index is 12.3. The lowest BCUT2D eigenvalue weighted by atomic mass is 10.1. The van der Waals surface area contributed by atoms with E-state index in [1.165, 1.54) is 0 Å². The van der Waals surface area contributed by atoms with Crippen molar-refractivity contribution in [2.75, 3.05) is 6.79 Å². The summed E-state index contributed by atoms with van der Waals surface area (Å²) in [4.78, 5) is 31.2. The van der Waals surface area contributed by atoms with E-state index >= 15 is 0 Å². The molecule has 0 unspecified atom stereocenters. The van der Waals surface area contributed by atoms with Crippen molar-refractivity contribution in [3.63, 3.8) is 0 Å². The smallest absolute Gasteiger partial charge is 0.331 e. The summed E-state index contributed by atoms with van der Waals surface area (Å²) in [7, 11) is 0. The Bertz CT molecular complexity index is 1200. The fourth-order valence-corrected chi connectivity index (χ4v) is 3.13. The van der Waals surface area contributed by atoms with Gasteiger partial charge in [-0.1, -0.05) is 36.4 Å². The molecule has 29 heavy (non-hydrogen) atoms. The lowest BCUT2D eigenvalue weighted by Gasteiger charge is -2.11. The van der Waals surface area contributed by atoms with E-state index in [0.717, 1.165) is 15.7 Å². The zero-order valence-electron chi connectivity index (χ0n) is 15.7. The molecule has 2 N–H and O–H groups in total. The van der Waals surface area contributed by atoms with Crippen LogP contribution >= 0.6 is 0 Å². The van der Waals surface area contributed by atoms with Gasteiger partial charge in [0.2, 0.25) is 12.7 Å². The van der Waals surface area contributed by atoms with Gasteiger partial charge in [0.25, 0.3) is 5.56 Å². The fraction of sp³-hybridized carbons (Fsp3) is 0.190. The van der Waals surface area contributed by atoms with Crippen molar-refractivity contribution in [1.82, 2.24) is 9.55 Å². The van der Waals surface area contributed by atoms with E-state index in [1.807, 2.05) is 42.5 Å². The number of hydrogen-bond acceptors (Lipinski definition) is 6. The van der Waals surface area contributed by atoms with Crippen molar-refractivity contribution in [2.24, 2.45) is 4.99 Å². The largest absolute Gasteiger partial charge is 0.494 e. The van der Waals surface area contributed by atoms with Crippen molar-refractivity contribution in [3.05, 3.63) is 86.1 Å². The van der Waals surface area contributed by atoms with Crippen LogP contribution in [0, 0.1) is 0 Å². The minimum atomic E-state index is -0.677. The molecule has 1 aliphatic rings. The van der Waals surface area contributed by atoms with Gasteiger partial charge in [0.15, 0.2) is 11.5 Å². The minimum Gasteiger partial charge on any atom is -0.494 e. The van der Waals surface area contributed by atoms with Gasteiger partial charge in [-0.3, -0.25) is 19.3 Å². The Kier molecular flexibility index (Phi) is 4.90. The molecule has 4 rings (SSSR count). The highest BCUT2D eigenvalue weighted by Crippen LogP contribution is 2.32. The average Bonchev–Trinajstić information content (AvgIpc) is 3.18. The van der Waals surface area contributed by atoms with Gasteiger partial charge in [-0.05, 0) is 30.2 Å². The van der Waals surface area contributed by atoms with Crippen LogP contribution in [0.3, 0.4) is 0 Å². The van der Waals surface area contributed by atoms with Crippen LogP contribution in [0.5, 0.6) is 17.4 Å². The van der Waals surface area contributed by atoms with Crippen LogP contribution in [0.15, 0.2) is 63.1 Å². The Morgan fingerprint density at radius 1 is 1.10 bits per heavy atom. The Balaban J connectivity index is 1.64. The first-order chi connectivity index (χ1) is 14.0. The van der Waals surface area contributed by atoms with Crippen LogP contribution in [0.4, 0.5) is 0 Å². The summed E-state index contributed by atoms with van der Waals surface area (Å²) in [6, 6.07) is 14.7. The molecule has 148 valence electrons. The lowest BCUT2D eigenvalue weighted by Crippen LogP contribution is -2.33. The van der Waals surface area contributed by atoms with Gasteiger partial charge < -0.3 is 14.6 Å². The predicted molar refractivity (Wildman–Crippen MR) is 107 cm³/mol. The van der Waals surface area contributed by atoms with Crippen LogP contribution in [0.2, 0.25) is 0 Å². The molecular weight excluding hydrogens is 374 g/mol. The lowest BCUT2D eigenvalue weighted by molar-refractivity contribution is 0.174. The number of benzene rings is 2. The summed E-state index contributed by atoms with van der Waals surface area (Å²) in [5.74, 6) is 0.915. The summed E-state index contributed by atoms with van der Waals surface area (Å²) in [6.07, 6.45) is 0. The van der Waals surface area contributed by atoms with E-state index in [2.05, 4.69) is 9.98 Å². The number of H-pyrrole nitrogens is 1. The second kappa shape index (κ2) is 7.67. The molecule has 2 aromatic carbocycles. The van der Waals surface area contributed by atoms with E-state index in [1.54, 1.807) is 13.0 Å². The highest BCUT2D eigenvalue weighted by molar-refractivity contribution is 6.00. The number of rotatable bonds is 5. The van der Waals surface area contributed by atoms with E-state index in [9.17, 15) is 14.7 Å². The van der Waals surface area contributed by atoms with Gasteiger partial charge in [0, 0.05) is 0 Å². The zero-order valence-corrected chi connectivity index (χ0v) is 15.7. The number of aromatic hydroxyl groups is 1. The number of hydrogen-bond donors (Lipinski definition) is 2. The average molecular weight is 393 g/mol. The normalized spacial score (nSPS) is 12.9. The Morgan fingerprint density at radius 3 is 2.66 bits per heavy atom. The first-order valence-corrected chi connectivity index (χ1v) is 9.03. The molecule has 0 aliphatic carbocycles. The number of nitrogens with one attached hydrogen (secondary N) is 1. The minimum absolute atomic E-state index is 0.0266. The molecule has 1 aromatic heterocycles. The molecule has 0 saturated carbocycles. The van der Waals surface area contributed by atoms with Gasteiger partial charge in [-0.2, -0.15) is 0 Å². The first kappa shape index (κ1) is 18.5. The molecule has 1 aliphatic heterocycles. The Hall–Kier alpha value is -3.81. The standard InChI is InChI=1S/C21H19N3O5/c1-13(22-10-15-7-8-16-17(9-15)29-12-28-16)18-19(25)23-21(27)24(20(18)26)11-14-5-3-2-4-6-14/h2-9,26H,10-12H2,1H3,(H,23,25,27). The third-order valence-electron chi connectivity index (χ3n) is 4.65. The quantitative estimate of drug-likeness (QED) is 0.645. The van der Waals surface area contributed by atoms with Crippen molar-refractivity contribution in [3.8, 4) is 17.4 Å². The molecule has 0 radical (unpaired) electrons. The summed E-state index contributed by atoms with van der Waals surface area (Å²) in [6.45, 7) is 2.21. The van der Waals surface area contributed by atoms with Crippen molar-refractivity contribution in [1.29, 1.82) is 0 Å². The van der Waals surface area contributed by atoms with Crippen molar-refractivity contribution >= 4 is 5.71 Å². The number of ether oxygens (including phenoxy) is 2. The second-order valence-corrected chi connectivity index (χ2v) is 6.62. The third-order valence-corrected chi connectivity index (χ3v) is 4.65. The molecule has 0 saturated heterocycles. The van der Waals surface area contributed by atoms with Crippen LogP contribution in [0.1, 0.15) is 23.6 Å². The number of nitrogens with zero attached hydrogens (tertiary/aromatic N) is 2. The van der Waals surface area contributed by atoms with Crippen molar-refractivity contribution in [2.45, 2.75) is 20.0 Å². The SMILES string of the molecule is CC(=NCc1ccc2c(c1)OCO2)c1c(O)n(Cc2ccccc2)c(=O)[nH]c1=O. The van der Waals surface area contributed by atoms with Gasteiger partial charge in [0.1, 0.15) is 5.56 Å². The Labute approximate surface area is 165 Å². The van der Waals surface area contributed by atoms with Crippen LogP contribution < -0.4 is 20.7 Å². The van der Waals surface area contributed by atoms with Crippen LogP contribution in [-0.4, -0.2) is 27.2 Å². The number of aromatic nitrogens is 2. The molecule has 2 heterocycles. The maximum Gasteiger partial charge on any atom is 0.331 e. The fourth-order valence-electron chi connectivity index (χ4n) is 3.13.